The highest BCUT2D eigenvalue weighted by atomic mass is 32.2. The van der Waals surface area contributed by atoms with E-state index in [-0.39, 0.29) is 17.3 Å². The van der Waals surface area contributed by atoms with E-state index in [9.17, 15) is 13.2 Å². The summed E-state index contributed by atoms with van der Waals surface area (Å²) in [6, 6.07) is 22.9. The molecule has 0 spiro atoms. The minimum Gasteiger partial charge on any atom is -0.497 e. The zero-order valence-corrected chi connectivity index (χ0v) is 18.4. The molecule has 3 rings (SSSR count). The summed E-state index contributed by atoms with van der Waals surface area (Å²) in [4.78, 5) is 12.7. The van der Waals surface area contributed by atoms with Gasteiger partial charge >= 0.3 is 0 Å². The molecular formula is C24H26N2O4S. The number of methoxy groups -OCH3 is 1. The fraction of sp³-hybridized carbons (Fsp3) is 0.208. The first-order chi connectivity index (χ1) is 14.9. The summed E-state index contributed by atoms with van der Waals surface area (Å²) in [5.41, 5.74) is 2.26. The summed E-state index contributed by atoms with van der Waals surface area (Å²) < 4.78 is 32.3. The lowest BCUT2D eigenvalue weighted by atomic mass is 10.1. The number of ether oxygens (including phenoxy) is 1. The first-order valence-corrected chi connectivity index (χ1v) is 11.4. The Morgan fingerprint density at radius 2 is 1.65 bits per heavy atom. The van der Waals surface area contributed by atoms with Crippen LogP contribution in [-0.2, 0) is 23.1 Å². The summed E-state index contributed by atoms with van der Waals surface area (Å²) in [5, 5.41) is 2.88. The number of benzene rings is 3. The highest BCUT2D eigenvalue weighted by Gasteiger charge is 2.22. The maximum atomic E-state index is 12.9. The van der Waals surface area contributed by atoms with Crippen molar-refractivity contribution >= 4 is 15.9 Å². The Morgan fingerprint density at radius 3 is 2.29 bits per heavy atom. The molecule has 0 bridgehead atoms. The van der Waals surface area contributed by atoms with Crippen LogP contribution in [-0.4, -0.2) is 32.3 Å². The summed E-state index contributed by atoms with van der Waals surface area (Å²) in [5.74, 6) is 0.542. The van der Waals surface area contributed by atoms with E-state index in [4.69, 9.17) is 4.74 Å². The van der Waals surface area contributed by atoms with E-state index in [0.29, 0.717) is 18.7 Å². The molecule has 3 aromatic carbocycles. The largest absolute Gasteiger partial charge is 0.497 e. The molecule has 1 N–H and O–H groups in total. The predicted octanol–water partition coefficient (Wildman–Crippen LogP) is 3.84. The zero-order chi connectivity index (χ0) is 22.3. The van der Waals surface area contributed by atoms with E-state index in [1.807, 2.05) is 24.3 Å². The lowest BCUT2D eigenvalue weighted by Gasteiger charge is -2.20. The number of sulfonamides is 1. The molecular weight excluding hydrogens is 412 g/mol. The zero-order valence-electron chi connectivity index (χ0n) is 17.6. The molecule has 0 aliphatic heterocycles. The maximum absolute atomic E-state index is 12.9. The van der Waals surface area contributed by atoms with Crippen LogP contribution in [0.25, 0.3) is 0 Å². The van der Waals surface area contributed by atoms with Crippen molar-refractivity contribution in [1.82, 2.24) is 9.62 Å². The SMILES string of the molecule is CCN(Cc1ccc(C(=O)NCc2cccc(OC)c2)cc1)S(=O)(=O)c1ccccc1. The molecule has 1 amide bonds. The van der Waals surface area contributed by atoms with Gasteiger partial charge in [-0.2, -0.15) is 4.31 Å². The summed E-state index contributed by atoms with van der Waals surface area (Å²) in [7, 11) is -1.98. The summed E-state index contributed by atoms with van der Waals surface area (Å²) in [6.45, 7) is 2.77. The number of hydrogen-bond donors (Lipinski definition) is 1. The number of carbonyl (C=O) groups excluding carboxylic acids is 1. The lowest BCUT2D eigenvalue weighted by molar-refractivity contribution is 0.0951. The van der Waals surface area contributed by atoms with Gasteiger partial charge in [-0.3, -0.25) is 4.79 Å². The molecule has 0 saturated heterocycles. The standard InChI is InChI=1S/C24H26N2O4S/c1-3-26(31(28,29)23-10-5-4-6-11-23)18-19-12-14-21(15-13-19)24(27)25-17-20-8-7-9-22(16-20)30-2/h4-16H,3,17-18H2,1-2H3,(H,25,27). The van der Waals surface area contributed by atoms with Crippen molar-refractivity contribution in [2.75, 3.05) is 13.7 Å². The molecule has 0 fully saturated rings. The minimum absolute atomic E-state index is 0.196. The van der Waals surface area contributed by atoms with Crippen LogP contribution >= 0.6 is 0 Å². The normalized spacial score (nSPS) is 11.3. The van der Waals surface area contributed by atoms with Crippen molar-refractivity contribution < 1.29 is 17.9 Å². The van der Waals surface area contributed by atoms with Crippen LogP contribution in [0, 0.1) is 0 Å². The topological polar surface area (TPSA) is 75.7 Å². The number of nitrogens with zero attached hydrogens (tertiary/aromatic N) is 1. The third kappa shape index (κ3) is 5.71. The van der Waals surface area contributed by atoms with E-state index >= 15 is 0 Å². The Morgan fingerprint density at radius 1 is 0.935 bits per heavy atom. The fourth-order valence-corrected chi connectivity index (χ4v) is 4.60. The van der Waals surface area contributed by atoms with Crippen LogP contribution in [0.2, 0.25) is 0 Å². The van der Waals surface area contributed by atoms with Gasteiger partial charge in [0.15, 0.2) is 0 Å². The lowest BCUT2D eigenvalue weighted by Crippen LogP contribution is -2.30. The molecule has 0 aliphatic rings. The van der Waals surface area contributed by atoms with Gasteiger partial charge in [-0.25, -0.2) is 8.42 Å². The highest BCUT2D eigenvalue weighted by molar-refractivity contribution is 7.89. The Hall–Kier alpha value is -3.16. The quantitative estimate of drug-likeness (QED) is 0.551. The van der Waals surface area contributed by atoms with E-state index in [1.165, 1.54) is 4.31 Å². The maximum Gasteiger partial charge on any atom is 0.251 e. The first kappa shape index (κ1) is 22.5. The van der Waals surface area contributed by atoms with Gasteiger partial charge < -0.3 is 10.1 Å². The van der Waals surface area contributed by atoms with Crippen molar-refractivity contribution in [3.05, 3.63) is 95.6 Å². The molecule has 0 saturated carbocycles. The number of carbonyl (C=O) groups is 1. The molecule has 0 atom stereocenters. The average molecular weight is 439 g/mol. The van der Waals surface area contributed by atoms with Gasteiger partial charge in [0.1, 0.15) is 5.75 Å². The molecule has 0 aliphatic carbocycles. The van der Waals surface area contributed by atoms with E-state index in [2.05, 4.69) is 5.32 Å². The van der Waals surface area contributed by atoms with Gasteiger partial charge in [0.25, 0.3) is 5.91 Å². The Labute approximate surface area is 183 Å². The van der Waals surface area contributed by atoms with Crippen LogP contribution in [0.3, 0.4) is 0 Å². The summed E-state index contributed by atoms with van der Waals surface area (Å²) in [6.07, 6.45) is 0. The Kier molecular flexibility index (Phi) is 7.44. The van der Waals surface area contributed by atoms with Crippen LogP contribution in [0.5, 0.6) is 5.75 Å². The van der Waals surface area contributed by atoms with Gasteiger partial charge in [0.2, 0.25) is 10.0 Å². The van der Waals surface area contributed by atoms with Crippen LogP contribution in [0.1, 0.15) is 28.4 Å². The van der Waals surface area contributed by atoms with Crippen molar-refractivity contribution in [3.63, 3.8) is 0 Å². The molecule has 0 aromatic heterocycles. The molecule has 6 nitrogen and oxygen atoms in total. The van der Waals surface area contributed by atoms with Crippen molar-refractivity contribution in [2.24, 2.45) is 0 Å². The van der Waals surface area contributed by atoms with Crippen molar-refractivity contribution in [3.8, 4) is 5.75 Å². The number of hydrogen-bond acceptors (Lipinski definition) is 4. The van der Waals surface area contributed by atoms with Gasteiger partial charge in [0.05, 0.1) is 12.0 Å². The number of amides is 1. The molecule has 7 heteroatoms. The predicted molar refractivity (Wildman–Crippen MR) is 120 cm³/mol. The molecule has 0 unspecified atom stereocenters. The molecule has 162 valence electrons. The Bertz CT molecular complexity index is 1110. The number of rotatable bonds is 9. The monoisotopic (exact) mass is 438 g/mol. The van der Waals surface area contributed by atoms with E-state index in [1.54, 1.807) is 68.6 Å². The van der Waals surface area contributed by atoms with Crippen molar-refractivity contribution in [2.45, 2.75) is 24.9 Å². The van der Waals surface area contributed by atoms with Crippen molar-refractivity contribution in [1.29, 1.82) is 0 Å². The van der Waals surface area contributed by atoms with E-state index in [0.717, 1.165) is 16.9 Å². The molecule has 31 heavy (non-hydrogen) atoms. The highest BCUT2D eigenvalue weighted by Crippen LogP contribution is 2.18. The number of nitrogens with one attached hydrogen (secondary N) is 1. The minimum atomic E-state index is -3.58. The average Bonchev–Trinajstić information content (AvgIpc) is 2.82. The van der Waals surface area contributed by atoms with E-state index < -0.39 is 10.0 Å². The van der Waals surface area contributed by atoms with Crippen LogP contribution in [0.15, 0.2) is 83.8 Å². The summed E-state index contributed by atoms with van der Waals surface area (Å²) >= 11 is 0. The second-order valence-corrected chi connectivity index (χ2v) is 8.91. The van der Waals surface area contributed by atoms with Gasteiger partial charge in [-0.15, -0.1) is 0 Å². The second-order valence-electron chi connectivity index (χ2n) is 6.98. The smallest absolute Gasteiger partial charge is 0.251 e. The van der Waals surface area contributed by atoms with Crippen LogP contribution < -0.4 is 10.1 Å². The Balaban J connectivity index is 1.64. The van der Waals surface area contributed by atoms with Crippen LogP contribution in [0.4, 0.5) is 0 Å². The first-order valence-electron chi connectivity index (χ1n) is 9.99. The van der Waals surface area contributed by atoms with Gasteiger partial charge in [-0.05, 0) is 47.5 Å². The third-order valence-corrected chi connectivity index (χ3v) is 6.83. The third-order valence-electron chi connectivity index (χ3n) is 4.90. The van der Waals surface area contributed by atoms with Gasteiger partial charge in [-0.1, -0.05) is 49.4 Å². The van der Waals surface area contributed by atoms with Gasteiger partial charge in [0, 0.05) is 25.2 Å². The second kappa shape index (κ2) is 10.2. The fourth-order valence-electron chi connectivity index (χ4n) is 3.14. The molecule has 0 heterocycles. The molecule has 0 radical (unpaired) electrons. The molecule has 3 aromatic rings.